The van der Waals surface area contributed by atoms with Gasteiger partial charge in [0.15, 0.2) is 0 Å². The van der Waals surface area contributed by atoms with E-state index in [0.717, 1.165) is 37.0 Å². The second kappa shape index (κ2) is 7.09. The maximum absolute atomic E-state index is 12.8. The number of fused-ring (bicyclic) bond motifs is 1. The molecule has 1 unspecified atom stereocenters. The average molecular weight is 330 g/mol. The lowest BCUT2D eigenvalue weighted by atomic mass is 9.88. The summed E-state index contributed by atoms with van der Waals surface area (Å²) in [6.45, 7) is 4.83. The number of hydrogen-bond donors (Lipinski definition) is 2. The number of nitrogens with one attached hydrogen (secondary N) is 2. The highest BCUT2D eigenvalue weighted by Gasteiger charge is 2.30. The lowest BCUT2D eigenvalue weighted by Gasteiger charge is -2.36. The zero-order valence-corrected chi connectivity index (χ0v) is 14.0. The first kappa shape index (κ1) is 15.9. The maximum atomic E-state index is 12.8. The van der Waals surface area contributed by atoms with Gasteiger partial charge in [-0.1, -0.05) is 12.1 Å². The van der Waals surface area contributed by atoms with Crippen molar-refractivity contribution >= 4 is 11.6 Å². The Kier molecular flexibility index (Phi) is 4.69. The molecule has 2 saturated heterocycles. The Labute approximate surface area is 143 Å². The Hall–Kier alpha value is -1.63. The summed E-state index contributed by atoms with van der Waals surface area (Å²) in [6, 6.07) is 8.42. The zero-order chi connectivity index (χ0) is 16.4. The Balaban J connectivity index is 1.33. The van der Waals surface area contributed by atoms with Gasteiger partial charge in [-0.15, -0.1) is 0 Å². The molecule has 0 radical (unpaired) electrons. The molecule has 1 atom stereocenters. The van der Waals surface area contributed by atoms with Crippen LogP contribution in [0.2, 0.25) is 0 Å². The first-order chi connectivity index (χ1) is 11.8. The van der Waals surface area contributed by atoms with E-state index in [1.165, 1.54) is 19.3 Å². The molecule has 2 fully saturated rings. The molecule has 130 valence electrons. The minimum Gasteiger partial charge on any atom is -0.490 e. The molecular formula is C18H26N4O2. The van der Waals surface area contributed by atoms with E-state index in [0.29, 0.717) is 25.7 Å². The van der Waals surface area contributed by atoms with Crippen molar-refractivity contribution in [3.05, 3.63) is 24.3 Å². The van der Waals surface area contributed by atoms with Gasteiger partial charge < -0.3 is 9.64 Å². The van der Waals surface area contributed by atoms with Gasteiger partial charge in [-0.3, -0.25) is 20.5 Å². The fraction of sp³-hybridized carbons (Fsp3) is 0.611. The highest BCUT2D eigenvalue weighted by atomic mass is 16.5. The molecule has 6 nitrogen and oxygen atoms in total. The third-order valence-electron chi connectivity index (χ3n) is 5.46. The van der Waals surface area contributed by atoms with Crippen LogP contribution in [0.3, 0.4) is 0 Å². The van der Waals surface area contributed by atoms with Crippen LogP contribution in [0.15, 0.2) is 24.3 Å². The van der Waals surface area contributed by atoms with Gasteiger partial charge in [0, 0.05) is 12.6 Å². The van der Waals surface area contributed by atoms with Crippen molar-refractivity contribution < 1.29 is 9.53 Å². The van der Waals surface area contributed by atoms with Crippen LogP contribution in [-0.4, -0.2) is 56.2 Å². The highest BCUT2D eigenvalue weighted by Crippen LogP contribution is 2.31. The van der Waals surface area contributed by atoms with E-state index in [-0.39, 0.29) is 5.91 Å². The molecule has 6 heteroatoms. The van der Waals surface area contributed by atoms with E-state index in [9.17, 15) is 4.79 Å². The van der Waals surface area contributed by atoms with Crippen molar-refractivity contribution in [1.82, 2.24) is 15.8 Å². The smallest absolute Gasteiger partial charge is 0.241 e. The quantitative estimate of drug-likeness (QED) is 0.866. The molecule has 1 aromatic rings. The number of anilines is 1. The molecular weight excluding hydrogens is 304 g/mol. The molecule has 4 rings (SSSR count). The van der Waals surface area contributed by atoms with Crippen LogP contribution in [0, 0.1) is 5.92 Å². The molecule has 0 aromatic heterocycles. The highest BCUT2D eigenvalue weighted by molar-refractivity contribution is 5.96. The van der Waals surface area contributed by atoms with Gasteiger partial charge in [0.1, 0.15) is 12.4 Å². The van der Waals surface area contributed by atoms with Crippen molar-refractivity contribution in [2.24, 2.45) is 5.92 Å². The zero-order valence-electron chi connectivity index (χ0n) is 14.0. The molecule has 0 spiro atoms. The van der Waals surface area contributed by atoms with Gasteiger partial charge >= 0.3 is 0 Å². The topological polar surface area (TPSA) is 56.8 Å². The summed E-state index contributed by atoms with van der Waals surface area (Å²) in [5.74, 6) is 1.73. The van der Waals surface area contributed by atoms with Gasteiger partial charge in [-0.25, -0.2) is 0 Å². The van der Waals surface area contributed by atoms with Gasteiger partial charge in [-0.05, 0) is 50.4 Å². The maximum Gasteiger partial charge on any atom is 0.241 e. The van der Waals surface area contributed by atoms with Crippen molar-refractivity contribution in [3.8, 4) is 5.75 Å². The second-order valence-corrected chi connectivity index (χ2v) is 6.94. The average Bonchev–Trinajstić information content (AvgIpc) is 3.16. The number of ether oxygens (including phenoxy) is 1. The number of amides is 1. The largest absolute Gasteiger partial charge is 0.490 e. The molecule has 0 saturated carbocycles. The third-order valence-corrected chi connectivity index (χ3v) is 5.46. The normalized spacial score (nSPS) is 25.3. The first-order valence-electron chi connectivity index (χ1n) is 9.04. The van der Waals surface area contributed by atoms with Crippen molar-refractivity contribution in [2.75, 3.05) is 44.2 Å². The van der Waals surface area contributed by atoms with Gasteiger partial charge in [0.2, 0.25) is 5.91 Å². The number of nitrogens with zero attached hydrogens (tertiary/aromatic N) is 2. The van der Waals surface area contributed by atoms with E-state index in [4.69, 9.17) is 4.74 Å². The standard InChI is InChI=1S/C18H26N4O2/c23-18(22-11-12-24-17-4-2-1-3-16(17)22)13-21-9-6-14(7-10-21)15-5-8-19-20-15/h1-4,14-15,19-20H,5-13H2. The number of rotatable bonds is 3. The minimum absolute atomic E-state index is 0.185. The predicted octanol–water partition coefficient (Wildman–Crippen LogP) is 0.991. The summed E-state index contributed by atoms with van der Waals surface area (Å²) >= 11 is 0. The lowest BCUT2D eigenvalue weighted by molar-refractivity contribution is -0.120. The van der Waals surface area contributed by atoms with E-state index in [2.05, 4.69) is 15.8 Å². The fourth-order valence-electron chi connectivity index (χ4n) is 4.08. The van der Waals surface area contributed by atoms with Crippen LogP contribution in [0.5, 0.6) is 5.75 Å². The minimum atomic E-state index is 0.185. The molecule has 1 amide bonds. The summed E-state index contributed by atoms with van der Waals surface area (Å²) in [4.78, 5) is 17.0. The Bertz CT molecular complexity index is 580. The molecule has 3 heterocycles. The van der Waals surface area contributed by atoms with E-state index in [1.54, 1.807) is 0 Å². The van der Waals surface area contributed by atoms with Crippen molar-refractivity contribution in [1.29, 1.82) is 0 Å². The summed E-state index contributed by atoms with van der Waals surface area (Å²) in [5.41, 5.74) is 7.52. The number of piperidine rings is 1. The Morgan fingerprint density at radius 2 is 2.00 bits per heavy atom. The van der Waals surface area contributed by atoms with Gasteiger partial charge in [0.25, 0.3) is 0 Å². The number of carbonyl (C=O) groups excluding carboxylic acids is 1. The summed E-state index contributed by atoms with van der Waals surface area (Å²) in [7, 11) is 0. The lowest BCUT2D eigenvalue weighted by Crippen LogP contribution is -2.48. The fourth-order valence-corrected chi connectivity index (χ4v) is 4.08. The molecule has 0 bridgehead atoms. The summed E-state index contributed by atoms with van der Waals surface area (Å²) in [5, 5.41) is 0. The molecule has 3 aliphatic rings. The van der Waals surface area contributed by atoms with E-state index >= 15 is 0 Å². The molecule has 1 aromatic carbocycles. The third kappa shape index (κ3) is 3.27. The van der Waals surface area contributed by atoms with Crippen LogP contribution in [0.1, 0.15) is 19.3 Å². The first-order valence-corrected chi connectivity index (χ1v) is 9.04. The van der Waals surface area contributed by atoms with Gasteiger partial charge in [0.05, 0.1) is 18.8 Å². The van der Waals surface area contributed by atoms with Crippen LogP contribution < -0.4 is 20.5 Å². The summed E-state index contributed by atoms with van der Waals surface area (Å²) < 4.78 is 5.64. The van der Waals surface area contributed by atoms with E-state index in [1.807, 2.05) is 29.2 Å². The Morgan fingerprint density at radius 3 is 2.79 bits per heavy atom. The summed E-state index contributed by atoms with van der Waals surface area (Å²) in [6.07, 6.45) is 3.56. The Morgan fingerprint density at radius 1 is 1.17 bits per heavy atom. The predicted molar refractivity (Wildman–Crippen MR) is 93.0 cm³/mol. The number of para-hydroxylation sites is 2. The van der Waals surface area contributed by atoms with Crippen molar-refractivity contribution in [2.45, 2.75) is 25.3 Å². The van der Waals surface area contributed by atoms with Crippen LogP contribution in [0.4, 0.5) is 5.69 Å². The van der Waals surface area contributed by atoms with Gasteiger partial charge in [-0.2, -0.15) is 0 Å². The van der Waals surface area contributed by atoms with Crippen molar-refractivity contribution in [3.63, 3.8) is 0 Å². The SMILES string of the molecule is O=C(CN1CCC(C2CCNN2)CC1)N1CCOc2ccccc21. The molecule has 3 aliphatic heterocycles. The second-order valence-electron chi connectivity index (χ2n) is 6.94. The van der Waals surface area contributed by atoms with Crippen LogP contribution >= 0.6 is 0 Å². The van der Waals surface area contributed by atoms with Crippen LogP contribution in [0.25, 0.3) is 0 Å². The molecule has 24 heavy (non-hydrogen) atoms. The molecule has 2 N–H and O–H groups in total. The number of carbonyl (C=O) groups is 1. The van der Waals surface area contributed by atoms with Crippen LogP contribution in [-0.2, 0) is 4.79 Å². The molecule has 0 aliphatic carbocycles. The number of benzene rings is 1. The monoisotopic (exact) mass is 330 g/mol. The number of hydrogen-bond acceptors (Lipinski definition) is 5. The number of likely N-dealkylation sites (tertiary alicyclic amines) is 1. The number of hydrazine groups is 1. The van der Waals surface area contributed by atoms with E-state index < -0.39 is 0 Å².